The molecule has 6 nitrogen and oxygen atoms in total. The maximum absolute atomic E-state index is 13.1. The van der Waals surface area contributed by atoms with Gasteiger partial charge in [0, 0.05) is 0 Å². The highest BCUT2D eigenvalue weighted by Gasteiger charge is 2.17. The molecule has 6 heteroatoms. The van der Waals surface area contributed by atoms with Crippen LogP contribution in [0, 0.1) is 6.92 Å². The Balaban J connectivity index is 1.22. The second-order valence-corrected chi connectivity index (χ2v) is 14.0. The summed E-state index contributed by atoms with van der Waals surface area (Å²) in [6.07, 6.45) is 9.81. The molecule has 5 aromatic rings. The number of unbranched alkanes of at least 4 members (excludes halogenated alkanes) is 6. The van der Waals surface area contributed by atoms with Gasteiger partial charge < -0.3 is 14.6 Å². The van der Waals surface area contributed by atoms with Crippen LogP contribution in [0.3, 0.4) is 0 Å². The Morgan fingerprint density at radius 3 is 1.69 bits per heavy atom. The highest BCUT2D eigenvalue weighted by atomic mass is 16.5. The third-order valence-corrected chi connectivity index (χ3v) is 9.75. The van der Waals surface area contributed by atoms with Gasteiger partial charge in [-0.05, 0) is 110 Å². The number of hydrogen-bond acceptors (Lipinski definition) is 6. The molecule has 0 saturated carbocycles. The Kier molecular flexibility index (Phi) is 15.2. The van der Waals surface area contributed by atoms with Crippen molar-refractivity contribution < 1.29 is 14.6 Å². The van der Waals surface area contributed by atoms with Crippen molar-refractivity contribution in [2.75, 3.05) is 0 Å². The Bertz CT molecular complexity index is 2110. The van der Waals surface area contributed by atoms with Crippen LogP contribution in [0.25, 0.3) is 22.3 Å². The van der Waals surface area contributed by atoms with E-state index in [4.69, 9.17) is 9.47 Å². The Hall–Kier alpha value is -5.49. The zero-order chi connectivity index (χ0) is 38.1. The van der Waals surface area contributed by atoms with Crippen molar-refractivity contribution in [2.24, 2.45) is 0 Å². The van der Waals surface area contributed by atoms with Gasteiger partial charge in [-0.15, -0.1) is 0 Å². The van der Waals surface area contributed by atoms with Gasteiger partial charge in [0.05, 0.1) is 6.10 Å². The summed E-state index contributed by atoms with van der Waals surface area (Å²) < 4.78 is 12.9. The highest BCUT2D eigenvalue weighted by Crippen LogP contribution is 2.29. The molecule has 280 valence electrons. The second kappa shape index (κ2) is 20.7. The minimum atomic E-state index is -0.558. The first-order valence-corrected chi connectivity index (χ1v) is 19.4. The molecule has 0 amide bonds. The van der Waals surface area contributed by atoms with E-state index in [2.05, 4.69) is 38.1 Å². The fourth-order valence-corrected chi connectivity index (χ4v) is 6.63. The summed E-state index contributed by atoms with van der Waals surface area (Å²) in [4.78, 5) is 38.7. The van der Waals surface area contributed by atoms with Crippen LogP contribution < -0.4 is 25.8 Å². The lowest BCUT2D eigenvalue weighted by Gasteiger charge is -2.19. The molecule has 0 aromatic heterocycles. The van der Waals surface area contributed by atoms with Gasteiger partial charge in [0.25, 0.3) is 0 Å². The lowest BCUT2D eigenvalue weighted by molar-refractivity contribution is 0.171. The second-order valence-electron chi connectivity index (χ2n) is 14.0. The molecule has 0 heterocycles. The quantitative estimate of drug-likeness (QED) is 0.0853. The fraction of sp³-hybridized carbons (Fsp3) is 0.312. The number of benzene rings is 2. The van der Waals surface area contributed by atoms with Crippen LogP contribution in [-0.4, -0.2) is 11.2 Å². The van der Waals surface area contributed by atoms with Crippen molar-refractivity contribution in [1.82, 2.24) is 0 Å². The maximum atomic E-state index is 13.1. The highest BCUT2D eigenvalue weighted by molar-refractivity contribution is 5.65. The first kappa shape index (κ1) is 39.7. The van der Waals surface area contributed by atoms with E-state index in [9.17, 15) is 19.5 Å². The van der Waals surface area contributed by atoms with Crippen molar-refractivity contribution in [3.63, 3.8) is 0 Å². The minimum Gasteiger partial charge on any atom is -0.504 e. The molecule has 0 aliphatic carbocycles. The van der Waals surface area contributed by atoms with E-state index in [1.165, 1.54) is 23.8 Å². The first-order chi connectivity index (χ1) is 26.3. The lowest BCUT2D eigenvalue weighted by atomic mass is 10.0. The Morgan fingerprint density at radius 1 is 0.500 bits per heavy atom. The van der Waals surface area contributed by atoms with E-state index in [0.29, 0.717) is 17.7 Å². The summed E-state index contributed by atoms with van der Waals surface area (Å²) in [6.45, 7) is 4.25. The molecule has 0 aliphatic heterocycles. The third-order valence-electron chi connectivity index (χ3n) is 9.75. The van der Waals surface area contributed by atoms with Crippen LogP contribution in [0.1, 0.15) is 94.8 Å². The third kappa shape index (κ3) is 12.0. The standard InChI is InChI=1S/C48H52O6/c1-3-4-9-22-41(53-47-33-39(20-15-25-43(47)50)37-30-28-35(2)29-31-37)23-12-6-5-7-13-27-46(40-21-16-24-42(49)45(52)32-40)54-48-34-38(19-14-26-44(48)51)36-17-10-8-11-18-36/h8,10-11,14-21,24-26,28-34,41,46H,3-7,9,12-13,22-23,27H2,1-2H3,(H,49,52). The van der Waals surface area contributed by atoms with Gasteiger partial charge in [-0.2, -0.15) is 0 Å². The number of aromatic hydroxyl groups is 1. The van der Waals surface area contributed by atoms with E-state index in [1.807, 2.05) is 48.5 Å². The normalized spacial score (nSPS) is 12.1. The number of rotatable bonds is 19. The molecule has 2 atom stereocenters. The van der Waals surface area contributed by atoms with Crippen LogP contribution in [0.4, 0.5) is 0 Å². The van der Waals surface area contributed by atoms with Crippen molar-refractivity contribution in [3.05, 3.63) is 169 Å². The van der Waals surface area contributed by atoms with Crippen molar-refractivity contribution in [1.29, 1.82) is 0 Å². The smallest absolute Gasteiger partial charge is 0.220 e. The topological polar surface area (TPSA) is 89.9 Å². The molecule has 1 N–H and O–H groups in total. The van der Waals surface area contributed by atoms with Crippen molar-refractivity contribution in [2.45, 2.75) is 96.7 Å². The summed E-state index contributed by atoms with van der Waals surface area (Å²) in [5.41, 5.74) is 4.76. The van der Waals surface area contributed by atoms with Crippen LogP contribution in [-0.2, 0) is 0 Å². The van der Waals surface area contributed by atoms with Crippen LogP contribution in [0.15, 0.2) is 142 Å². The molecule has 0 bridgehead atoms. The zero-order valence-electron chi connectivity index (χ0n) is 31.5. The molecule has 54 heavy (non-hydrogen) atoms. The molecule has 0 spiro atoms. The zero-order valence-corrected chi connectivity index (χ0v) is 31.5. The number of hydrogen-bond donors (Lipinski definition) is 1. The van der Waals surface area contributed by atoms with E-state index in [-0.39, 0.29) is 28.5 Å². The van der Waals surface area contributed by atoms with Crippen LogP contribution >= 0.6 is 0 Å². The predicted octanol–water partition coefficient (Wildman–Crippen LogP) is 11.0. The van der Waals surface area contributed by atoms with Crippen molar-refractivity contribution >= 4 is 0 Å². The van der Waals surface area contributed by atoms with E-state index in [1.54, 1.807) is 36.4 Å². The van der Waals surface area contributed by atoms with Crippen LogP contribution in [0.5, 0.6) is 17.2 Å². The van der Waals surface area contributed by atoms with Gasteiger partial charge in [0.15, 0.2) is 17.2 Å². The molecule has 0 radical (unpaired) electrons. The molecular formula is C48H52O6. The van der Waals surface area contributed by atoms with E-state index in [0.717, 1.165) is 86.5 Å². The number of aryl methyl sites for hydroxylation is 1. The van der Waals surface area contributed by atoms with Crippen molar-refractivity contribution in [3.8, 4) is 39.5 Å². The summed E-state index contributed by atoms with van der Waals surface area (Å²) in [5, 5.41) is 10.1. The molecule has 2 unspecified atom stereocenters. The fourth-order valence-electron chi connectivity index (χ4n) is 6.63. The largest absolute Gasteiger partial charge is 0.504 e. The van der Waals surface area contributed by atoms with Gasteiger partial charge in [0.2, 0.25) is 16.3 Å². The van der Waals surface area contributed by atoms with E-state index < -0.39 is 11.5 Å². The first-order valence-electron chi connectivity index (χ1n) is 19.4. The average Bonchev–Trinajstić information content (AvgIpc) is 3.56. The molecule has 0 saturated heterocycles. The Labute approximate surface area is 319 Å². The monoisotopic (exact) mass is 724 g/mol. The van der Waals surface area contributed by atoms with Crippen LogP contribution in [0.2, 0.25) is 0 Å². The molecule has 0 fully saturated rings. The summed E-state index contributed by atoms with van der Waals surface area (Å²) >= 11 is 0. The summed E-state index contributed by atoms with van der Waals surface area (Å²) in [6, 6.07) is 38.4. The SMILES string of the molecule is CCCCCC(CCCCCCCC(Oc1cc(-c2ccccc2)cccc1=O)c1cccc(O)c(=O)c1)Oc1cc(-c2ccc(C)cc2)cccc1=O. The molecular weight excluding hydrogens is 673 g/mol. The van der Waals surface area contributed by atoms with Gasteiger partial charge in [0.1, 0.15) is 6.10 Å². The maximum Gasteiger partial charge on any atom is 0.220 e. The van der Waals surface area contributed by atoms with Gasteiger partial charge in [-0.1, -0.05) is 136 Å². The summed E-state index contributed by atoms with van der Waals surface area (Å²) in [5.74, 6) is 0.273. The lowest BCUT2D eigenvalue weighted by Crippen LogP contribution is -2.19. The predicted molar refractivity (Wildman–Crippen MR) is 220 cm³/mol. The van der Waals surface area contributed by atoms with E-state index >= 15 is 0 Å². The molecule has 5 rings (SSSR count). The van der Waals surface area contributed by atoms with Gasteiger partial charge in [-0.25, -0.2) is 0 Å². The van der Waals surface area contributed by atoms with Gasteiger partial charge in [-0.3, -0.25) is 14.4 Å². The molecule has 5 aromatic carbocycles. The number of ether oxygens (including phenoxy) is 2. The minimum absolute atomic E-state index is 0.0407. The summed E-state index contributed by atoms with van der Waals surface area (Å²) in [7, 11) is 0. The Morgan fingerprint density at radius 2 is 1.04 bits per heavy atom. The average molecular weight is 725 g/mol. The molecule has 0 aliphatic rings. The van der Waals surface area contributed by atoms with Gasteiger partial charge >= 0.3 is 0 Å².